The summed E-state index contributed by atoms with van der Waals surface area (Å²) < 4.78 is 2.13. The Bertz CT molecular complexity index is 674. The van der Waals surface area contributed by atoms with E-state index in [9.17, 15) is 0 Å². The van der Waals surface area contributed by atoms with Gasteiger partial charge in [0.2, 0.25) is 0 Å². The van der Waals surface area contributed by atoms with E-state index >= 15 is 0 Å². The molecule has 1 aliphatic heterocycles. The molecular formula is C19H30ClN5. The molecule has 1 aliphatic rings. The van der Waals surface area contributed by atoms with Crippen molar-refractivity contribution in [1.82, 2.24) is 20.0 Å². The minimum Gasteiger partial charge on any atom is -0.353 e. The largest absolute Gasteiger partial charge is 0.353 e. The van der Waals surface area contributed by atoms with Crippen LogP contribution in [0.25, 0.3) is 10.9 Å². The Balaban J connectivity index is 1.76. The van der Waals surface area contributed by atoms with Crippen LogP contribution in [0.2, 0.25) is 5.02 Å². The number of fused-ring (bicyclic) bond motifs is 1. The van der Waals surface area contributed by atoms with Gasteiger partial charge in [-0.2, -0.15) is 5.10 Å². The molecule has 1 aromatic carbocycles. The van der Waals surface area contributed by atoms with E-state index in [-0.39, 0.29) is 0 Å². The predicted molar refractivity (Wildman–Crippen MR) is 106 cm³/mol. The second-order valence-electron chi connectivity index (χ2n) is 6.76. The zero-order chi connectivity index (χ0) is 17.6. The molecule has 2 heterocycles. The van der Waals surface area contributed by atoms with E-state index in [0.717, 1.165) is 67.3 Å². The van der Waals surface area contributed by atoms with Gasteiger partial charge >= 0.3 is 0 Å². The van der Waals surface area contributed by atoms with E-state index in [0.29, 0.717) is 6.17 Å². The van der Waals surface area contributed by atoms with Crippen molar-refractivity contribution in [2.75, 3.05) is 31.5 Å². The first-order valence-electron chi connectivity index (χ1n) is 9.59. The molecular weight excluding hydrogens is 334 g/mol. The number of hydrogen-bond acceptors (Lipinski definition) is 4. The average molecular weight is 364 g/mol. The molecule has 0 saturated carbocycles. The molecule has 2 aromatic rings. The summed E-state index contributed by atoms with van der Waals surface area (Å²) in [6, 6.07) is 6.06. The number of halogens is 1. The lowest BCUT2D eigenvalue weighted by molar-refractivity contribution is 0.292. The van der Waals surface area contributed by atoms with Crippen LogP contribution in [0.1, 0.15) is 39.5 Å². The summed E-state index contributed by atoms with van der Waals surface area (Å²) in [6.45, 7) is 9.74. The number of aromatic nitrogens is 2. The highest BCUT2D eigenvalue weighted by Gasteiger charge is 2.17. The number of benzene rings is 1. The first kappa shape index (κ1) is 18.5. The summed E-state index contributed by atoms with van der Waals surface area (Å²) in [7, 11) is 0. The average Bonchev–Trinajstić information content (AvgIpc) is 2.96. The van der Waals surface area contributed by atoms with E-state index in [1.54, 1.807) is 0 Å². The Labute approximate surface area is 155 Å². The summed E-state index contributed by atoms with van der Waals surface area (Å²) >= 11 is 6.24. The molecule has 1 unspecified atom stereocenters. The topological polar surface area (TPSA) is 45.1 Å². The van der Waals surface area contributed by atoms with Gasteiger partial charge in [0.05, 0.1) is 11.7 Å². The van der Waals surface area contributed by atoms with Gasteiger partial charge in [-0.25, -0.2) is 0 Å². The minimum absolute atomic E-state index is 0.301. The van der Waals surface area contributed by atoms with Crippen LogP contribution in [0.4, 0.5) is 5.82 Å². The molecule has 0 aliphatic carbocycles. The van der Waals surface area contributed by atoms with Crippen LogP contribution in [0.3, 0.4) is 0 Å². The molecule has 0 spiro atoms. The summed E-state index contributed by atoms with van der Waals surface area (Å²) in [5, 5.41) is 13.8. The van der Waals surface area contributed by atoms with Gasteiger partial charge in [0.15, 0.2) is 5.82 Å². The number of nitrogens with one attached hydrogen (secondary N) is 2. The second-order valence-corrected chi connectivity index (χ2v) is 7.20. The Morgan fingerprint density at radius 3 is 2.88 bits per heavy atom. The molecule has 0 radical (unpaired) electrons. The summed E-state index contributed by atoms with van der Waals surface area (Å²) in [6.07, 6.45) is 5.05. The normalized spacial score (nSPS) is 18.2. The standard InChI is InChI=1S/C19H30ClN5/c1-3-24(4-2)12-7-13-25-17-10-9-15(20)14-16(17)19(23-25)22-18-8-5-6-11-21-18/h9-10,14,18,21H,3-8,11-13H2,1-2H3,(H,22,23). The lowest BCUT2D eigenvalue weighted by Gasteiger charge is -2.24. The van der Waals surface area contributed by atoms with E-state index in [2.05, 4.69) is 40.1 Å². The van der Waals surface area contributed by atoms with Crippen molar-refractivity contribution < 1.29 is 0 Å². The number of rotatable bonds is 8. The van der Waals surface area contributed by atoms with Crippen molar-refractivity contribution in [3.05, 3.63) is 23.2 Å². The van der Waals surface area contributed by atoms with Crippen molar-refractivity contribution in [2.24, 2.45) is 0 Å². The predicted octanol–water partition coefficient (Wildman–Crippen LogP) is 3.93. The molecule has 5 nitrogen and oxygen atoms in total. The zero-order valence-electron chi connectivity index (χ0n) is 15.4. The van der Waals surface area contributed by atoms with Crippen LogP contribution >= 0.6 is 11.6 Å². The third kappa shape index (κ3) is 4.66. The maximum absolute atomic E-state index is 6.24. The Hall–Kier alpha value is -1.30. The third-order valence-electron chi connectivity index (χ3n) is 5.07. The van der Waals surface area contributed by atoms with Crippen LogP contribution in [0.15, 0.2) is 18.2 Å². The molecule has 0 bridgehead atoms. The summed E-state index contributed by atoms with van der Waals surface area (Å²) in [5.41, 5.74) is 1.15. The number of aryl methyl sites for hydroxylation is 1. The van der Waals surface area contributed by atoms with E-state index in [1.807, 2.05) is 12.1 Å². The smallest absolute Gasteiger partial charge is 0.157 e. The van der Waals surface area contributed by atoms with Gasteiger partial charge in [0.25, 0.3) is 0 Å². The highest BCUT2D eigenvalue weighted by atomic mass is 35.5. The van der Waals surface area contributed by atoms with Crippen molar-refractivity contribution in [3.8, 4) is 0 Å². The van der Waals surface area contributed by atoms with Crippen molar-refractivity contribution in [3.63, 3.8) is 0 Å². The minimum atomic E-state index is 0.301. The fraction of sp³-hybridized carbons (Fsp3) is 0.632. The second kappa shape index (κ2) is 8.88. The molecule has 1 aromatic heterocycles. The van der Waals surface area contributed by atoms with Crippen LogP contribution in [0.5, 0.6) is 0 Å². The number of piperidine rings is 1. The fourth-order valence-corrected chi connectivity index (χ4v) is 3.72. The summed E-state index contributed by atoms with van der Waals surface area (Å²) in [5.74, 6) is 0.944. The van der Waals surface area contributed by atoms with Crippen molar-refractivity contribution in [1.29, 1.82) is 0 Å². The molecule has 3 rings (SSSR count). The van der Waals surface area contributed by atoms with Crippen LogP contribution in [-0.4, -0.2) is 47.0 Å². The molecule has 1 fully saturated rings. The van der Waals surface area contributed by atoms with E-state index in [1.165, 1.54) is 12.8 Å². The molecule has 138 valence electrons. The van der Waals surface area contributed by atoms with Crippen LogP contribution in [-0.2, 0) is 6.54 Å². The molecule has 6 heteroatoms. The lowest BCUT2D eigenvalue weighted by atomic mass is 10.1. The Kier molecular flexibility index (Phi) is 6.57. The maximum atomic E-state index is 6.24. The molecule has 0 amide bonds. The SMILES string of the molecule is CCN(CC)CCCn1nc(NC2CCCCN2)c2cc(Cl)ccc21. The Morgan fingerprint density at radius 1 is 1.32 bits per heavy atom. The van der Waals surface area contributed by atoms with Crippen LogP contribution < -0.4 is 10.6 Å². The van der Waals surface area contributed by atoms with Gasteiger partial charge < -0.3 is 10.2 Å². The first-order chi connectivity index (χ1) is 12.2. The highest BCUT2D eigenvalue weighted by molar-refractivity contribution is 6.31. The van der Waals surface area contributed by atoms with Crippen molar-refractivity contribution >= 4 is 28.3 Å². The quantitative estimate of drug-likeness (QED) is 0.745. The highest BCUT2D eigenvalue weighted by Crippen LogP contribution is 2.27. The van der Waals surface area contributed by atoms with E-state index in [4.69, 9.17) is 16.7 Å². The van der Waals surface area contributed by atoms with Gasteiger partial charge in [-0.1, -0.05) is 25.4 Å². The molecule has 1 atom stereocenters. The zero-order valence-corrected chi connectivity index (χ0v) is 16.1. The van der Waals surface area contributed by atoms with Gasteiger partial charge in [-0.15, -0.1) is 0 Å². The van der Waals surface area contributed by atoms with Crippen LogP contribution in [0, 0.1) is 0 Å². The monoisotopic (exact) mass is 363 g/mol. The number of hydrogen-bond donors (Lipinski definition) is 2. The molecule has 1 saturated heterocycles. The van der Waals surface area contributed by atoms with Gasteiger partial charge in [0, 0.05) is 17.0 Å². The molecule has 25 heavy (non-hydrogen) atoms. The van der Waals surface area contributed by atoms with Gasteiger partial charge in [-0.05, 0) is 70.1 Å². The third-order valence-corrected chi connectivity index (χ3v) is 5.31. The lowest BCUT2D eigenvalue weighted by Crippen LogP contribution is -2.40. The van der Waals surface area contributed by atoms with Gasteiger partial charge in [0.1, 0.15) is 0 Å². The van der Waals surface area contributed by atoms with Crippen molar-refractivity contribution in [2.45, 2.75) is 52.2 Å². The van der Waals surface area contributed by atoms with Gasteiger partial charge in [-0.3, -0.25) is 10.00 Å². The van der Waals surface area contributed by atoms with E-state index < -0.39 is 0 Å². The fourth-order valence-electron chi connectivity index (χ4n) is 3.55. The Morgan fingerprint density at radius 2 is 2.16 bits per heavy atom. The number of anilines is 1. The number of nitrogens with zero attached hydrogens (tertiary/aromatic N) is 3. The summed E-state index contributed by atoms with van der Waals surface area (Å²) in [4.78, 5) is 2.45. The first-order valence-corrected chi connectivity index (χ1v) is 9.97. The maximum Gasteiger partial charge on any atom is 0.157 e. The molecule has 2 N–H and O–H groups in total.